The van der Waals surface area contributed by atoms with Crippen LogP contribution >= 0.6 is 0 Å². The first-order valence-electron chi connectivity index (χ1n) is 5.26. The van der Waals surface area contributed by atoms with Crippen molar-refractivity contribution in [2.75, 3.05) is 0 Å². The molecule has 0 aliphatic heterocycles. The first-order chi connectivity index (χ1) is 6.81. The molecule has 0 spiro atoms. The molecule has 3 N–H and O–H groups in total. The lowest BCUT2D eigenvalue weighted by atomic mass is 9.77. The van der Waals surface area contributed by atoms with Crippen LogP contribution in [0.1, 0.15) is 36.4 Å². The topological polar surface area (TPSA) is 46.2 Å². The maximum atomic E-state index is 8.90. The summed E-state index contributed by atoms with van der Waals surface area (Å²) in [5.74, 6) is 0.676. The van der Waals surface area contributed by atoms with Crippen molar-refractivity contribution in [3.05, 3.63) is 35.4 Å². The van der Waals surface area contributed by atoms with Crippen molar-refractivity contribution in [2.45, 2.75) is 31.9 Å². The van der Waals surface area contributed by atoms with Gasteiger partial charge in [-0.25, -0.2) is 0 Å². The predicted octanol–water partition coefficient (Wildman–Crippen LogP) is 1.98. The third-order valence-corrected chi connectivity index (χ3v) is 3.20. The van der Waals surface area contributed by atoms with Gasteiger partial charge in [0.1, 0.15) is 0 Å². The van der Waals surface area contributed by atoms with Crippen molar-refractivity contribution in [1.29, 1.82) is 0 Å². The summed E-state index contributed by atoms with van der Waals surface area (Å²) >= 11 is 0. The van der Waals surface area contributed by atoms with E-state index in [1.54, 1.807) is 0 Å². The molecule has 0 saturated heterocycles. The molecule has 1 fully saturated rings. The molecule has 0 heterocycles. The van der Waals surface area contributed by atoms with Crippen LogP contribution in [0.2, 0.25) is 0 Å². The summed E-state index contributed by atoms with van der Waals surface area (Å²) in [5.41, 5.74) is 8.28. The lowest BCUT2D eigenvalue weighted by Crippen LogP contribution is -2.26. The van der Waals surface area contributed by atoms with Crippen molar-refractivity contribution >= 4 is 0 Å². The summed E-state index contributed by atoms with van der Waals surface area (Å²) in [5, 5.41) is 8.90. The molecule has 1 aliphatic carbocycles. The van der Waals surface area contributed by atoms with E-state index in [9.17, 15) is 0 Å². The molecule has 2 nitrogen and oxygen atoms in total. The number of hydrogen-bond donors (Lipinski definition) is 2. The maximum Gasteiger partial charge on any atom is 0.0681 e. The molecule has 14 heavy (non-hydrogen) atoms. The third-order valence-electron chi connectivity index (χ3n) is 3.20. The van der Waals surface area contributed by atoms with Gasteiger partial charge in [0, 0.05) is 6.04 Å². The van der Waals surface area contributed by atoms with E-state index < -0.39 is 0 Å². The van der Waals surface area contributed by atoms with E-state index in [1.807, 2.05) is 24.3 Å². The summed E-state index contributed by atoms with van der Waals surface area (Å²) in [7, 11) is 0. The van der Waals surface area contributed by atoms with Crippen LogP contribution in [-0.4, -0.2) is 5.11 Å². The fraction of sp³-hybridized carbons (Fsp3) is 0.500. The summed E-state index contributed by atoms with van der Waals surface area (Å²) in [6.07, 6.45) is 3.86. The molecule has 2 heteroatoms. The van der Waals surface area contributed by atoms with E-state index in [2.05, 4.69) is 0 Å². The zero-order valence-electron chi connectivity index (χ0n) is 8.32. The summed E-state index contributed by atoms with van der Waals surface area (Å²) < 4.78 is 0. The molecule has 1 aliphatic rings. The van der Waals surface area contributed by atoms with Gasteiger partial charge in [0.05, 0.1) is 6.61 Å². The minimum absolute atomic E-state index is 0.110. The van der Waals surface area contributed by atoms with Gasteiger partial charge in [-0.2, -0.15) is 0 Å². The zero-order chi connectivity index (χ0) is 9.97. The minimum Gasteiger partial charge on any atom is -0.392 e. The van der Waals surface area contributed by atoms with Gasteiger partial charge >= 0.3 is 0 Å². The highest BCUT2D eigenvalue weighted by Crippen LogP contribution is 2.35. The Kier molecular flexibility index (Phi) is 2.85. The van der Waals surface area contributed by atoms with Crippen LogP contribution < -0.4 is 5.73 Å². The van der Waals surface area contributed by atoms with Crippen molar-refractivity contribution in [1.82, 2.24) is 0 Å². The first-order valence-corrected chi connectivity index (χ1v) is 5.26. The van der Waals surface area contributed by atoms with Crippen LogP contribution in [0.25, 0.3) is 0 Å². The number of benzene rings is 1. The van der Waals surface area contributed by atoms with Crippen LogP contribution in [0.5, 0.6) is 0 Å². The molecule has 0 bridgehead atoms. The minimum atomic E-state index is 0.110. The Labute approximate surface area is 84.7 Å². The maximum absolute atomic E-state index is 8.90. The van der Waals surface area contributed by atoms with Gasteiger partial charge in [0.2, 0.25) is 0 Å². The van der Waals surface area contributed by atoms with E-state index in [1.165, 1.54) is 24.8 Å². The predicted molar refractivity (Wildman–Crippen MR) is 56.6 cm³/mol. The molecular weight excluding hydrogens is 174 g/mol. The van der Waals surface area contributed by atoms with Gasteiger partial charge in [0.25, 0.3) is 0 Å². The molecule has 76 valence electrons. The molecule has 2 rings (SSSR count). The zero-order valence-corrected chi connectivity index (χ0v) is 8.32. The van der Waals surface area contributed by atoms with Crippen LogP contribution in [0.3, 0.4) is 0 Å². The third kappa shape index (κ3) is 1.81. The fourth-order valence-electron chi connectivity index (χ4n) is 1.92. The lowest BCUT2D eigenvalue weighted by Gasteiger charge is -2.31. The average Bonchev–Trinajstić information content (AvgIpc) is 2.15. The highest BCUT2D eigenvalue weighted by Gasteiger charge is 2.25. The summed E-state index contributed by atoms with van der Waals surface area (Å²) in [6.45, 7) is 0.110. The smallest absolute Gasteiger partial charge is 0.0681 e. The summed E-state index contributed by atoms with van der Waals surface area (Å²) in [6, 6.07) is 8.17. The van der Waals surface area contributed by atoms with E-state index >= 15 is 0 Å². The Balaban J connectivity index is 2.07. The van der Waals surface area contributed by atoms with Crippen molar-refractivity contribution in [2.24, 2.45) is 11.7 Å². The van der Waals surface area contributed by atoms with E-state index in [0.717, 1.165) is 5.56 Å². The largest absolute Gasteiger partial charge is 0.392 e. The molecule has 0 aromatic heterocycles. The first kappa shape index (κ1) is 9.69. The Morgan fingerprint density at radius 2 is 1.93 bits per heavy atom. The van der Waals surface area contributed by atoms with Crippen molar-refractivity contribution in [3.63, 3.8) is 0 Å². The van der Waals surface area contributed by atoms with Crippen molar-refractivity contribution < 1.29 is 5.11 Å². The molecule has 1 atom stereocenters. The second-order valence-electron chi connectivity index (χ2n) is 4.12. The summed E-state index contributed by atoms with van der Waals surface area (Å²) in [4.78, 5) is 0. The number of aliphatic hydroxyl groups is 1. The van der Waals surface area contributed by atoms with Gasteiger partial charge in [-0.15, -0.1) is 0 Å². The van der Waals surface area contributed by atoms with E-state index in [-0.39, 0.29) is 12.6 Å². The number of nitrogens with two attached hydrogens (primary N) is 1. The molecule has 0 radical (unpaired) electrons. The van der Waals surface area contributed by atoms with Crippen LogP contribution in [0, 0.1) is 5.92 Å². The second-order valence-corrected chi connectivity index (χ2v) is 4.12. The fourth-order valence-corrected chi connectivity index (χ4v) is 1.92. The number of aliphatic hydroxyl groups excluding tert-OH is 1. The number of hydrogen-bond acceptors (Lipinski definition) is 2. The Hall–Kier alpha value is -0.860. The highest BCUT2D eigenvalue weighted by molar-refractivity contribution is 5.25. The van der Waals surface area contributed by atoms with Crippen LogP contribution in [0.4, 0.5) is 0 Å². The van der Waals surface area contributed by atoms with Gasteiger partial charge in [-0.1, -0.05) is 30.7 Å². The van der Waals surface area contributed by atoms with Gasteiger partial charge in [-0.05, 0) is 29.9 Å². The van der Waals surface area contributed by atoms with Crippen LogP contribution in [-0.2, 0) is 6.61 Å². The van der Waals surface area contributed by atoms with Gasteiger partial charge < -0.3 is 10.8 Å². The quantitative estimate of drug-likeness (QED) is 0.767. The molecule has 1 unspecified atom stereocenters. The van der Waals surface area contributed by atoms with E-state index in [4.69, 9.17) is 10.8 Å². The monoisotopic (exact) mass is 191 g/mol. The number of rotatable bonds is 3. The van der Waals surface area contributed by atoms with Gasteiger partial charge in [-0.3, -0.25) is 0 Å². The molecule has 0 amide bonds. The average molecular weight is 191 g/mol. The molecule has 1 aromatic carbocycles. The van der Waals surface area contributed by atoms with E-state index in [0.29, 0.717) is 5.92 Å². The van der Waals surface area contributed by atoms with Crippen LogP contribution in [0.15, 0.2) is 24.3 Å². The Morgan fingerprint density at radius 3 is 2.36 bits per heavy atom. The standard InChI is InChI=1S/C12H17NO/c13-12(10-2-1-3-10)11-6-4-9(8-14)5-7-11/h4-7,10,12,14H,1-3,8,13H2. The Bertz CT molecular complexity index is 290. The highest BCUT2D eigenvalue weighted by atomic mass is 16.3. The molecule has 1 aromatic rings. The SMILES string of the molecule is NC(c1ccc(CO)cc1)C1CCC1. The lowest BCUT2D eigenvalue weighted by molar-refractivity contribution is 0.264. The van der Waals surface area contributed by atoms with Gasteiger partial charge in [0.15, 0.2) is 0 Å². The normalized spacial score (nSPS) is 19.0. The Morgan fingerprint density at radius 1 is 1.29 bits per heavy atom. The van der Waals surface area contributed by atoms with Crippen molar-refractivity contribution in [3.8, 4) is 0 Å². The second kappa shape index (κ2) is 4.11. The molecular formula is C12H17NO. The molecule has 1 saturated carbocycles.